The van der Waals surface area contributed by atoms with Gasteiger partial charge in [0.2, 0.25) is 0 Å². The van der Waals surface area contributed by atoms with Gasteiger partial charge in [-0.1, -0.05) is 42.5 Å². The molecular weight excluding hydrogens is 279 g/mol. The first kappa shape index (κ1) is 15.2. The SMILES string of the molecule is N#C/C(=C/C=C\c1ccccc1)C(=O)Nc1ccc(F)cc1. The Morgan fingerprint density at radius 3 is 2.41 bits per heavy atom. The van der Waals surface area contributed by atoms with Crippen molar-refractivity contribution in [2.75, 3.05) is 5.32 Å². The molecule has 0 aliphatic carbocycles. The van der Waals surface area contributed by atoms with Crippen molar-refractivity contribution in [3.8, 4) is 6.07 Å². The maximum atomic E-state index is 12.8. The molecule has 0 saturated carbocycles. The van der Waals surface area contributed by atoms with Crippen molar-refractivity contribution in [2.24, 2.45) is 0 Å². The second kappa shape index (κ2) is 7.55. The molecule has 0 bridgehead atoms. The first-order valence-corrected chi connectivity index (χ1v) is 6.59. The highest BCUT2D eigenvalue weighted by molar-refractivity contribution is 6.06. The average molecular weight is 292 g/mol. The largest absolute Gasteiger partial charge is 0.321 e. The van der Waals surface area contributed by atoms with Gasteiger partial charge < -0.3 is 5.32 Å². The molecule has 0 aliphatic rings. The highest BCUT2D eigenvalue weighted by atomic mass is 19.1. The molecular formula is C18H13FN2O. The van der Waals surface area contributed by atoms with Gasteiger partial charge in [0.25, 0.3) is 5.91 Å². The number of amides is 1. The predicted molar refractivity (Wildman–Crippen MR) is 84.2 cm³/mol. The lowest BCUT2D eigenvalue weighted by atomic mass is 10.2. The number of allylic oxidation sites excluding steroid dienone is 2. The maximum Gasteiger partial charge on any atom is 0.266 e. The molecule has 1 amide bonds. The molecule has 0 aromatic heterocycles. The standard InChI is InChI=1S/C18H13FN2O/c19-16-9-11-17(12-10-16)21-18(22)15(13-20)8-4-7-14-5-2-1-3-6-14/h1-12H,(H,21,22)/b7-4-,15-8-. The summed E-state index contributed by atoms with van der Waals surface area (Å²) in [5.41, 5.74) is 1.37. The van der Waals surface area contributed by atoms with Crippen LogP contribution >= 0.6 is 0 Å². The molecule has 0 heterocycles. The number of rotatable bonds is 4. The number of benzene rings is 2. The van der Waals surface area contributed by atoms with E-state index in [1.54, 1.807) is 12.2 Å². The highest BCUT2D eigenvalue weighted by Gasteiger charge is 2.08. The van der Waals surface area contributed by atoms with Gasteiger partial charge in [-0.3, -0.25) is 4.79 Å². The van der Waals surface area contributed by atoms with Crippen LogP contribution < -0.4 is 5.32 Å². The zero-order valence-corrected chi connectivity index (χ0v) is 11.7. The minimum atomic E-state index is -0.535. The smallest absolute Gasteiger partial charge is 0.266 e. The fourth-order valence-corrected chi connectivity index (χ4v) is 1.71. The van der Waals surface area contributed by atoms with Crippen LogP contribution in [0.3, 0.4) is 0 Å². The topological polar surface area (TPSA) is 52.9 Å². The number of nitrogens with one attached hydrogen (secondary N) is 1. The summed E-state index contributed by atoms with van der Waals surface area (Å²) < 4.78 is 12.8. The molecule has 0 atom stereocenters. The Bertz CT molecular complexity index is 741. The van der Waals surface area contributed by atoms with Crippen molar-refractivity contribution in [3.05, 3.63) is 83.7 Å². The molecule has 1 N–H and O–H groups in total. The monoisotopic (exact) mass is 292 g/mol. The highest BCUT2D eigenvalue weighted by Crippen LogP contribution is 2.10. The Morgan fingerprint density at radius 2 is 1.77 bits per heavy atom. The van der Waals surface area contributed by atoms with E-state index in [2.05, 4.69) is 5.32 Å². The minimum Gasteiger partial charge on any atom is -0.321 e. The molecule has 4 heteroatoms. The number of nitriles is 1. The average Bonchev–Trinajstić information content (AvgIpc) is 2.54. The van der Waals surface area contributed by atoms with Crippen LogP contribution in [0.1, 0.15) is 5.56 Å². The summed E-state index contributed by atoms with van der Waals surface area (Å²) in [5, 5.41) is 11.6. The number of hydrogen-bond donors (Lipinski definition) is 1. The van der Waals surface area contributed by atoms with Gasteiger partial charge in [-0.2, -0.15) is 5.26 Å². The maximum absolute atomic E-state index is 12.8. The van der Waals surface area contributed by atoms with Gasteiger partial charge in [-0.05, 0) is 35.9 Å². The Hall–Kier alpha value is -3.19. The zero-order valence-electron chi connectivity index (χ0n) is 11.7. The minimum absolute atomic E-state index is 0.0310. The summed E-state index contributed by atoms with van der Waals surface area (Å²) in [4.78, 5) is 11.9. The molecule has 3 nitrogen and oxygen atoms in total. The predicted octanol–water partition coefficient (Wildman–Crippen LogP) is 3.93. The number of halogens is 1. The van der Waals surface area contributed by atoms with Gasteiger partial charge in [0.15, 0.2) is 0 Å². The summed E-state index contributed by atoms with van der Waals surface area (Å²) >= 11 is 0. The Morgan fingerprint density at radius 1 is 1.09 bits per heavy atom. The van der Waals surface area contributed by atoms with Crippen LogP contribution in [-0.2, 0) is 4.79 Å². The van der Waals surface area contributed by atoms with Crippen LogP contribution in [0.5, 0.6) is 0 Å². The molecule has 2 aromatic rings. The third kappa shape index (κ3) is 4.43. The van der Waals surface area contributed by atoms with Crippen molar-refractivity contribution < 1.29 is 9.18 Å². The second-order valence-electron chi connectivity index (χ2n) is 4.42. The summed E-state index contributed by atoms with van der Waals surface area (Å²) in [7, 11) is 0. The molecule has 2 rings (SSSR count). The number of anilines is 1. The Kier molecular flexibility index (Phi) is 5.22. The van der Waals surface area contributed by atoms with Crippen LogP contribution in [0.15, 0.2) is 72.3 Å². The number of hydrogen-bond acceptors (Lipinski definition) is 2. The van der Waals surface area contributed by atoms with Crippen molar-refractivity contribution in [3.63, 3.8) is 0 Å². The van der Waals surface area contributed by atoms with Gasteiger partial charge in [0.05, 0.1) is 0 Å². The van der Waals surface area contributed by atoms with E-state index in [9.17, 15) is 9.18 Å². The number of carbonyl (C=O) groups excluding carboxylic acids is 1. The van der Waals surface area contributed by atoms with Crippen molar-refractivity contribution >= 4 is 17.7 Å². The summed E-state index contributed by atoms with van der Waals surface area (Å²) in [6.45, 7) is 0. The normalized spacial score (nSPS) is 11.2. The zero-order chi connectivity index (χ0) is 15.8. The number of nitrogens with zero attached hydrogens (tertiary/aromatic N) is 1. The molecule has 0 unspecified atom stereocenters. The van der Waals surface area contributed by atoms with E-state index in [-0.39, 0.29) is 11.4 Å². The Labute approximate surface area is 128 Å². The molecule has 0 saturated heterocycles. The number of carbonyl (C=O) groups is 1. The molecule has 0 fully saturated rings. The van der Waals surface area contributed by atoms with Gasteiger partial charge >= 0.3 is 0 Å². The van der Waals surface area contributed by atoms with Gasteiger partial charge in [-0.25, -0.2) is 4.39 Å². The lowest BCUT2D eigenvalue weighted by molar-refractivity contribution is -0.112. The van der Waals surface area contributed by atoms with Crippen LogP contribution in [0.2, 0.25) is 0 Å². The molecule has 0 radical (unpaired) electrons. The van der Waals surface area contributed by atoms with Crippen LogP contribution in [0.25, 0.3) is 6.08 Å². The quantitative estimate of drug-likeness (QED) is 0.527. The molecule has 0 aliphatic heterocycles. The summed E-state index contributed by atoms with van der Waals surface area (Å²) in [6, 6.07) is 16.7. The van der Waals surface area contributed by atoms with E-state index in [0.717, 1.165) is 5.56 Å². The van der Waals surface area contributed by atoms with Crippen LogP contribution in [0.4, 0.5) is 10.1 Å². The van der Waals surface area contributed by atoms with E-state index in [4.69, 9.17) is 5.26 Å². The van der Waals surface area contributed by atoms with Gasteiger partial charge in [-0.15, -0.1) is 0 Å². The van der Waals surface area contributed by atoms with Crippen molar-refractivity contribution in [1.29, 1.82) is 5.26 Å². The van der Waals surface area contributed by atoms with Crippen molar-refractivity contribution in [1.82, 2.24) is 0 Å². The first-order valence-electron chi connectivity index (χ1n) is 6.59. The molecule has 108 valence electrons. The van der Waals surface area contributed by atoms with E-state index in [0.29, 0.717) is 5.69 Å². The fraction of sp³-hybridized carbons (Fsp3) is 0. The summed E-state index contributed by atoms with van der Waals surface area (Å²) in [5.74, 6) is -0.924. The van der Waals surface area contributed by atoms with Crippen LogP contribution in [-0.4, -0.2) is 5.91 Å². The van der Waals surface area contributed by atoms with E-state index in [1.807, 2.05) is 36.4 Å². The van der Waals surface area contributed by atoms with Crippen molar-refractivity contribution in [2.45, 2.75) is 0 Å². The van der Waals surface area contributed by atoms with E-state index >= 15 is 0 Å². The molecule has 0 spiro atoms. The fourth-order valence-electron chi connectivity index (χ4n) is 1.71. The summed E-state index contributed by atoms with van der Waals surface area (Å²) in [6.07, 6.45) is 4.87. The van der Waals surface area contributed by atoms with Crippen LogP contribution in [0, 0.1) is 17.1 Å². The molecule has 22 heavy (non-hydrogen) atoms. The van der Waals surface area contributed by atoms with Gasteiger partial charge in [0, 0.05) is 5.69 Å². The Balaban J connectivity index is 2.05. The first-order chi connectivity index (χ1) is 10.7. The van der Waals surface area contributed by atoms with E-state index in [1.165, 1.54) is 30.3 Å². The third-order valence-electron chi connectivity index (χ3n) is 2.82. The third-order valence-corrected chi connectivity index (χ3v) is 2.82. The lowest BCUT2D eigenvalue weighted by Crippen LogP contribution is -2.13. The lowest BCUT2D eigenvalue weighted by Gasteiger charge is -2.03. The molecule has 2 aromatic carbocycles. The van der Waals surface area contributed by atoms with E-state index < -0.39 is 5.91 Å². The van der Waals surface area contributed by atoms with Gasteiger partial charge in [0.1, 0.15) is 17.5 Å². The second-order valence-corrected chi connectivity index (χ2v) is 4.42.